The molecule has 3 rings (SSSR count). The number of β-amino-alcohol motifs (C(OH)–C–C–N with tert-alkyl or cyclic N) is 1. The normalized spacial score (nSPS) is 16.6. The molecule has 23 heavy (non-hydrogen) atoms. The molecule has 116 valence electrons. The monoisotopic (exact) mass is 307 g/mol. The van der Waals surface area contributed by atoms with Gasteiger partial charge in [-0.1, -0.05) is 18.1 Å². The maximum atomic E-state index is 12.1. The van der Waals surface area contributed by atoms with Gasteiger partial charge in [0.15, 0.2) is 0 Å². The number of aliphatic hydroxyl groups is 1. The predicted molar refractivity (Wildman–Crippen MR) is 87.9 cm³/mol. The maximum Gasteiger partial charge on any atom is 0.321 e. The summed E-state index contributed by atoms with van der Waals surface area (Å²) in [5.74, 6) is 6.02. The Morgan fingerprint density at radius 2 is 2.17 bits per heavy atom. The lowest BCUT2D eigenvalue weighted by Gasteiger charge is -2.16. The number of aromatic nitrogens is 1. The molecule has 1 aliphatic heterocycles. The van der Waals surface area contributed by atoms with Crippen molar-refractivity contribution in [1.29, 1.82) is 0 Å². The molecule has 2 heterocycles. The fourth-order valence-electron chi connectivity index (χ4n) is 2.38. The Morgan fingerprint density at radius 3 is 2.91 bits per heavy atom. The van der Waals surface area contributed by atoms with Gasteiger partial charge in [0.1, 0.15) is 5.69 Å². The van der Waals surface area contributed by atoms with E-state index in [-0.39, 0.29) is 6.03 Å². The molecule has 1 saturated heterocycles. The second-order valence-electron chi connectivity index (χ2n) is 5.36. The molecule has 2 amide bonds. The highest BCUT2D eigenvalue weighted by Crippen LogP contribution is 2.14. The van der Waals surface area contributed by atoms with Crippen molar-refractivity contribution < 1.29 is 9.90 Å². The van der Waals surface area contributed by atoms with Crippen molar-refractivity contribution in [3.8, 4) is 11.8 Å². The van der Waals surface area contributed by atoms with Crippen molar-refractivity contribution >= 4 is 11.7 Å². The minimum absolute atomic E-state index is 0.198. The van der Waals surface area contributed by atoms with Crippen molar-refractivity contribution in [3.05, 3.63) is 59.9 Å². The molecular weight excluding hydrogens is 290 g/mol. The number of hydrogen-bond donors (Lipinski definition) is 2. The third-order valence-corrected chi connectivity index (χ3v) is 3.56. The number of nitrogens with zero attached hydrogens (tertiary/aromatic N) is 2. The first-order valence-corrected chi connectivity index (χ1v) is 7.48. The van der Waals surface area contributed by atoms with Crippen LogP contribution in [0.15, 0.2) is 48.7 Å². The quantitative estimate of drug-likeness (QED) is 0.793. The molecule has 0 bridgehead atoms. The van der Waals surface area contributed by atoms with E-state index in [1.165, 1.54) is 0 Å². The van der Waals surface area contributed by atoms with Crippen LogP contribution >= 0.6 is 0 Å². The van der Waals surface area contributed by atoms with Crippen LogP contribution < -0.4 is 5.32 Å². The van der Waals surface area contributed by atoms with Gasteiger partial charge in [-0.05, 0) is 42.7 Å². The van der Waals surface area contributed by atoms with Crippen LogP contribution in [-0.2, 0) is 0 Å². The number of hydrogen-bond acceptors (Lipinski definition) is 3. The SMILES string of the molecule is O=C(Nc1cccc(C#Cc2ccccn2)c1)N1CC[C@@H](O)C1. The zero-order chi connectivity index (χ0) is 16.1. The minimum Gasteiger partial charge on any atom is -0.391 e. The third-order valence-electron chi connectivity index (χ3n) is 3.56. The molecule has 1 aromatic carbocycles. The first kappa shape index (κ1) is 15.1. The minimum atomic E-state index is -0.420. The average Bonchev–Trinajstić information content (AvgIpc) is 3.01. The summed E-state index contributed by atoms with van der Waals surface area (Å²) < 4.78 is 0. The largest absolute Gasteiger partial charge is 0.391 e. The fourth-order valence-corrected chi connectivity index (χ4v) is 2.38. The molecule has 0 spiro atoms. The van der Waals surface area contributed by atoms with Gasteiger partial charge >= 0.3 is 6.03 Å². The highest BCUT2D eigenvalue weighted by Gasteiger charge is 2.24. The van der Waals surface area contributed by atoms with Gasteiger partial charge in [0.2, 0.25) is 0 Å². The van der Waals surface area contributed by atoms with Crippen LogP contribution in [0.3, 0.4) is 0 Å². The lowest BCUT2D eigenvalue weighted by atomic mass is 10.2. The number of amides is 2. The number of carbonyl (C=O) groups is 1. The van der Waals surface area contributed by atoms with Gasteiger partial charge in [-0.15, -0.1) is 0 Å². The zero-order valence-corrected chi connectivity index (χ0v) is 12.6. The summed E-state index contributed by atoms with van der Waals surface area (Å²) in [6, 6.07) is 12.7. The summed E-state index contributed by atoms with van der Waals surface area (Å²) in [5.41, 5.74) is 2.19. The predicted octanol–water partition coefficient (Wildman–Crippen LogP) is 2.08. The van der Waals surface area contributed by atoms with E-state index in [9.17, 15) is 9.90 Å². The van der Waals surface area contributed by atoms with Crippen LogP contribution in [0.5, 0.6) is 0 Å². The molecule has 0 unspecified atom stereocenters. The van der Waals surface area contributed by atoms with Crippen LogP contribution in [0, 0.1) is 11.8 Å². The van der Waals surface area contributed by atoms with Crippen molar-refractivity contribution in [2.45, 2.75) is 12.5 Å². The number of carbonyl (C=O) groups excluding carboxylic acids is 1. The van der Waals surface area contributed by atoms with Gasteiger partial charge in [-0.25, -0.2) is 9.78 Å². The molecule has 0 radical (unpaired) electrons. The lowest BCUT2D eigenvalue weighted by Crippen LogP contribution is -2.33. The number of nitrogens with one attached hydrogen (secondary N) is 1. The Bertz CT molecular complexity index is 750. The third kappa shape index (κ3) is 4.09. The maximum absolute atomic E-state index is 12.1. The summed E-state index contributed by atoms with van der Waals surface area (Å²) in [4.78, 5) is 17.9. The summed E-state index contributed by atoms with van der Waals surface area (Å²) >= 11 is 0. The lowest BCUT2D eigenvalue weighted by molar-refractivity contribution is 0.176. The molecule has 1 aromatic heterocycles. The number of urea groups is 1. The Labute approximate surface area is 135 Å². The first-order chi connectivity index (χ1) is 11.2. The number of anilines is 1. The molecule has 1 fully saturated rings. The highest BCUT2D eigenvalue weighted by molar-refractivity contribution is 5.89. The molecule has 2 aromatic rings. The molecule has 5 nitrogen and oxygen atoms in total. The van der Waals surface area contributed by atoms with Gasteiger partial charge in [0.25, 0.3) is 0 Å². The fraction of sp³-hybridized carbons (Fsp3) is 0.222. The highest BCUT2D eigenvalue weighted by atomic mass is 16.3. The molecule has 1 atom stereocenters. The van der Waals surface area contributed by atoms with Crippen molar-refractivity contribution in [2.24, 2.45) is 0 Å². The summed E-state index contributed by atoms with van der Waals surface area (Å²) in [7, 11) is 0. The van der Waals surface area contributed by atoms with Crippen LogP contribution in [-0.4, -0.2) is 40.2 Å². The van der Waals surface area contributed by atoms with Gasteiger partial charge in [-0.2, -0.15) is 0 Å². The average molecular weight is 307 g/mol. The topological polar surface area (TPSA) is 65.5 Å². The second-order valence-corrected chi connectivity index (χ2v) is 5.36. The Balaban J connectivity index is 1.68. The van der Waals surface area contributed by atoms with E-state index in [0.29, 0.717) is 30.9 Å². The smallest absolute Gasteiger partial charge is 0.321 e. The van der Waals surface area contributed by atoms with Gasteiger partial charge in [0.05, 0.1) is 6.10 Å². The van der Waals surface area contributed by atoms with E-state index >= 15 is 0 Å². The van der Waals surface area contributed by atoms with E-state index in [0.717, 1.165) is 5.56 Å². The summed E-state index contributed by atoms with van der Waals surface area (Å²) in [5, 5.41) is 12.3. The number of aliphatic hydroxyl groups excluding tert-OH is 1. The molecule has 0 saturated carbocycles. The van der Waals surface area contributed by atoms with Crippen LogP contribution in [0.2, 0.25) is 0 Å². The zero-order valence-electron chi connectivity index (χ0n) is 12.6. The molecule has 2 N–H and O–H groups in total. The van der Waals surface area contributed by atoms with Crippen molar-refractivity contribution in [2.75, 3.05) is 18.4 Å². The Kier molecular flexibility index (Phi) is 4.55. The number of pyridine rings is 1. The standard InChI is InChI=1S/C18H17N3O2/c22-17-9-11-21(13-17)18(23)20-16-6-3-4-14(12-16)7-8-15-5-1-2-10-19-15/h1-6,10,12,17,22H,9,11,13H2,(H,20,23)/t17-/m1/s1. The van der Waals surface area contributed by atoms with E-state index in [2.05, 4.69) is 22.1 Å². The van der Waals surface area contributed by atoms with Gasteiger partial charge in [0, 0.05) is 30.5 Å². The first-order valence-electron chi connectivity index (χ1n) is 7.48. The molecule has 1 aliphatic rings. The molecule has 0 aliphatic carbocycles. The number of benzene rings is 1. The van der Waals surface area contributed by atoms with E-state index in [1.54, 1.807) is 11.1 Å². The number of likely N-dealkylation sites (tertiary alicyclic amines) is 1. The van der Waals surface area contributed by atoms with E-state index in [4.69, 9.17) is 0 Å². The number of rotatable bonds is 1. The van der Waals surface area contributed by atoms with Crippen LogP contribution in [0.1, 0.15) is 17.7 Å². The van der Waals surface area contributed by atoms with Gasteiger partial charge in [-0.3, -0.25) is 0 Å². The van der Waals surface area contributed by atoms with Crippen molar-refractivity contribution in [1.82, 2.24) is 9.88 Å². The Hall–Kier alpha value is -2.84. The summed E-state index contributed by atoms with van der Waals surface area (Å²) in [6.07, 6.45) is 1.91. The van der Waals surface area contributed by atoms with Gasteiger partial charge < -0.3 is 15.3 Å². The van der Waals surface area contributed by atoms with E-state index < -0.39 is 6.10 Å². The summed E-state index contributed by atoms with van der Waals surface area (Å²) in [6.45, 7) is 0.956. The molecule has 5 heteroatoms. The van der Waals surface area contributed by atoms with Crippen molar-refractivity contribution in [3.63, 3.8) is 0 Å². The van der Waals surface area contributed by atoms with Crippen LogP contribution in [0.4, 0.5) is 10.5 Å². The second kappa shape index (κ2) is 6.95. The van der Waals surface area contributed by atoms with Crippen LogP contribution in [0.25, 0.3) is 0 Å². The Morgan fingerprint density at radius 1 is 1.26 bits per heavy atom. The molecular formula is C18H17N3O2. The van der Waals surface area contributed by atoms with E-state index in [1.807, 2.05) is 42.5 Å².